The summed E-state index contributed by atoms with van der Waals surface area (Å²) in [6.45, 7) is 14.1. The van der Waals surface area contributed by atoms with Gasteiger partial charge in [-0.25, -0.2) is 0 Å². The molecule has 2 saturated heterocycles. The van der Waals surface area contributed by atoms with Crippen molar-refractivity contribution in [3.8, 4) is 0 Å². The molecule has 0 radical (unpaired) electrons. The Hall–Kier alpha value is -3.35. The van der Waals surface area contributed by atoms with Crippen molar-refractivity contribution in [2.75, 3.05) is 20.1 Å². The third kappa shape index (κ3) is 6.81. The monoisotopic (exact) mass is 532 g/mol. The quantitative estimate of drug-likeness (QED) is 0.257. The van der Waals surface area contributed by atoms with Crippen LogP contribution in [0.15, 0.2) is 65.8 Å². The minimum atomic E-state index is -0.564. The van der Waals surface area contributed by atoms with Crippen molar-refractivity contribution in [2.24, 2.45) is 28.8 Å². The molecule has 0 aromatic heterocycles. The number of hydrogen-bond acceptors (Lipinski definition) is 4. The number of carbonyl (C=O) groups is 2. The van der Waals surface area contributed by atoms with Crippen LogP contribution in [-0.2, 0) is 9.59 Å². The molecule has 2 aromatic carbocycles. The van der Waals surface area contributed by atoms with Crippen LogP contribution in [0.5, 0.6) is 0 Å². The lowest BCUT2D eigenvalue weighted by molar-refractivity contribution is -0.131. The summed E-state index contributed by atoms with van der Waals surface area (Å²) < 4.78 is 0. The van der Waals surface area contributed by atoms with Crippen LogP contribution in [0.3, 0.4) is 0 Å². The van der Waals surface area contributed by atoms with Gasteiger partial charge in [-0.05, 0) is 55.3 Å². The van der Waals surface area contributed by atoms with E-state index < -0.39 is 6.04 Å². The Balaban J connectivity index is 0.000000216. The van der Waals surface area contributed by atoms with Crippen LogP contribution in [0.4, 0.5) is 0 Å². The zero-order chi connectivity index (χ0) is 28.7. The van der Waals surface area contributed by atoms with Crippen molar-refractivity contribution in [3.05, 3.63) is 82.2 Å². The maximum atomic E-state index is 12.5. The van der Waals surface area contributed by atoms with Gasteiger partial charge in [0.1, 0.15) is 6.04 Å². The van der Waals surface area contributed by atoms with E-state index in [4.69, 9.17) is 5.53 Å². The molecule has 6 atom stereocenters. The highest BCUT2D eigenvalue weighted by molar-refractivity contribution is 5.85. The summed E-state index contributed by atoms with van der Waals surface area (Å²) in [6, 6.07) is 19.7. The van der Waals surface area contributed by atoms with E-state index in [0.717, 1.165) is 12.1 Å². The minimum absolute atomic E-state index is 0.00356. The Labute approximate surface area is 233 Å². The lowest BCUT2D eigenvalue weighted by Gasteiger charge is -2.25. The summed E-state index contributed by atoms with van der Waals surface area (Å²) in [5.74, 6) is 1.47. The molecule has 8 nitrogen and oxygen atoms in total. The summed E-state index contributed by atoms with van der Waals surface area (Å²) >= 11 is 0. The van der Waals surface area contributed by atoms with E-state index in [0.29, 0.717) is 24.3 Å². The number of amides is 2. The van der Waals surface area contributed by atoms with Gasteiger partial charge in [-0.2, -0.15) is 0 Å². The van der Waals surface area contributed by atoms with E-state index in [1.165, 1.54) is 5.56 Å². The summed E-state index contributed by atoms with van der Waals surface area (Å²) in [5.41, 5.74) is 11.0. The van der Waals surface area contributed by atoms with Crippen LogP contribution in [0.25, 0.3) is 10.4 Å². The Bertz CT molecular complexity index is 1130. The second-order valence-electron chi connectivity index (χ2n) is 11.4. The standard InChI is InChI=1S/C16H24N2O.C15H20N4O/c1-11(2)14-10-18(16(19)15(14)17-4)12(3)13-8-6-5-7-9-13;1-10(2)13-9-19(15(20)14(13)17-18-16)11(3)12-7-5-4-6-8-12/h5-9,11-12,14-15,17H,10H2,1-4H3;4-8,10-11,13-14H,9H2,1-3H3/t12-,14-,15+;11-,13-,14+/m11/s1. The molecular weight excluding hydrogens is 488 g/mol. The molecule has 2 amide bonds. The van der Waals surface area contributed by atoms with Gasteiger partial charge in [-0.3, -0.25) is 9.59 Å². The van der Waals surface area contributed by atoms with Crippen molar-refractivity contribution in [2.45, 2.75) is 65.7 Å². The van der Waals surface area contributed by atoms with Gasteiger partial charge in [0, 0.05) is 23.9 Å². The van der Waals surface area contributed by atoms with Gasteiger partial charge in [0.15, 0.2) is 0 Å². The lowest BCUT2D eigenvalue weighted by Crippen LogP contribution is -2.40. The predicted octanol–water partition coefficient (Wildman–Crippen LogP) is 5.99. The first-order valence-electron chi connectivity index (χ1n) is 14.0. The summed E-state index contributed by atoms with van der Waals surface area (Å²) in [5, 5.41) is 6.91. The van der Waals surface area contributed by atoms with Crippen LogP contribution >= 0.6 is 0 Å². The number of carbonyl (C=O) groups excluding carboxylic acids is 2. The third-order valence-electron chi connectivity index (χ3n) is 8.43. The molecular formula is C31H44N6O2. The third-order valence-corrected chi connectivity index (χ3v) is 8.43. The van der Waals surface area contributed by atoms with Gasteiger partial charge in [0.05, 0.1) is 18.1 Å². The number of hydrogen-bond donors (Lipinski definition) is 1. The van der Waals surface area contributed by atoms with Gasteiger partial charge in [0.25, 0.3) is 0 Å². The van der Waals surface area contributed by atoms with E-state index in [1.54, 1.807) is 0 Å². The molecule has 39 heavy (non-hydrogen) atoms. The first-order valence-corrected chi connectivity index (χ1v) is 14.0. The number of nitrogens with zero attached hydrogens (tertiary/aromatic N) is 5. The molecule has 210 valence electrons. The van der Waals surface area contributed by atoms with Crippen LogP contribution in [0.1, 0.15) is 64.8 Å². The smallest absolute Gasteiger partial charge is 0.240 e. The Morgan fingerprint density at radius 3 is 1.59 bits per heavy atom. The molecule has 2 aromatic rings. The SMILES string of the molecule is CC(C)[C@H]1CN([C@H](C)c2ccccc2)C(=O)[C@H]1N=[N+]=[N-].CN[C@@H]1C(=O)N([C@H](C)c2ccccc2)C[C@@H]1C(C)C. The fourth-order valence-electron chi connectivity index (χ4n) is 5.77. The molecule has 1 N–H and O–H groups in total. The normalized spacial score (nSPS) is 24.4. The van der Waals surface area contributed by atoms with E-state index in [2.05, 4.69) is 62.1 Å². The summed E-state index contributed by atoms with van der Waals surface area (Å²) in [4.78, 5) is 31.7. The number of benzene rings is 2. The van der Waals surface area contributed by atoms with Crippen LogP contribution in [0, 0.1) is 23.7 Å². The molecule has 0 aliphatic carbocycles. The minimum Gasteiger partial charge on any atom is -0.335 e. The maximum absolute atomic E-state index is 12.5. The first-order chi connectivity index (χ1) is 18.6. The zero-order valence-corrected chi connectivity index (χ0v) is 24.4. The van der Waals surface area contributed by atoms with Crippen molar-refractivity contribution < 1.29 is 9.59 Å². The average molecular weight is 533 g/mol. The van der Waals surface area contributed by atoms with Gasteiger partial charge >= 0.3 is 0 Å². The van der Waals surface area contributed by atoms with Gasteiger partial charge < -0.3 is 15.1 Å². The highest BCUT2D eigenvalue weighted by atomic mass is 16.2. The zero-order valence-electron chi connectivity index (χ0n) is 24.4. The Morgan fingerprint density at radius 1 is 0.769 bits per heavy atom. The number of nitrogens with one attached hydrogen (secondary N) is 1. The van der Waals surface area contributed by atoms with E-state index in [1.807, 2.05) is 72.3 Å². The Kier molecular flexibility index (Phi) is 10.6. The molecule has 2 fully saturated rings. The molecule has 8 heteroatoms. The molecule has 2 aliphatic heterocycles. The summed E-state index contributed by atoms with van der Waals surface area (Å²) in [7, 11) is 1.88. The van der Waals surface area contributed by atoms with E-state index in [9.17, 15) is 9.59 Å². The molecule has 0 bridgehead atoms. The molecule has 0 saturated carbocycles. The summed E-state index contributed by atoms with van der Waals surface area (Å²) in [6.07, 6.45) is 0. The van der Waals surface area contributed by atoms with Crippen LogP contribution in [-0.4, -0.2) is 53.8 Å². The highest BCUT2D eigenvalue weighted by Crippen LogP contribution is 2.34. The van der Waals surface area contributed by atoms with Crippen molar-refractivity contribution in [1.29, 1.82) is 0 Å². The number of likely N-dealkylation sites (N-methyl/N-ethyl adjacent to an activating group) is 1. The van der Waals surface area contributed by atoms with Crippen LogP contribution in [0.2, 0.25) is 0 Å². The molecule has 2 aliphatic rings. The number of azide groups is 1. The topological polar surface area (TPSA) is 101 Å². The van der Waals surface area contributed by atoms with Gasteiger partial charge in [0.2, 0.25) is 11.8 Å². The van der Waals surface area contributed by atoms with Crippen molar-refractivity contribution >= 4 is 11.8 Å². The van der Waals surface area contributed by atoms with Gasteiger partial charge in [-0.15, -0.1) is 0 Å². The molecule has 4 rings (SSSR count). The fraction of sp³-hybridized carbons (Fsp3) is 0.548. The molecule has 0 unspecified atom stereocenters. The Morgan fingerprint density at radius 2 is 1.21 bits per heavy atom. The predicted molar refractivity (Wildman–Crippen MR) is 156 cm³/mol. The first kappa shape index (κ1) is 30.2. The van der Waals surface area contributed by atoms with Gasteiger partial charge in [-0.1, -0.05) is 93.5 Å². The van der Waals surface area contributed by atoms with Crippen molar-refractivity contribution in [3.63, 3.8) is 0 Å². The van der Waals surface area contributed by atoms with Crippen molar-refractivity contribution in [1.82, 2.24) is 15.1 Å². The molecule has 2 heterocycles. The second kappa shape index (κ2) is 13.6. The highest BCUT2D eigenvalue weighted by Gasteiger charge is 2.44. The fourth-order valence-corrected chi connectivity index (χ4v) is 5.77. The molecule has 0 spiro atoms. The van der Waals surface area contributed by atoms with E-state index >= 15 is 0 Å². The van der Waals surface area contributed by atoms with Crippen LogP contribution < -0.4 is 5.32 Å². The number of rotatable bonds is 8. The maximum Gasteiger partial charge on any atom is 0.240 e. The van der Waals surface area contributed by atoms with E-state index in [-0.39, 0.29) is 35.9 Å². The second-order valence-corrected chi connectivity index (χ2v) is 11.4. The lowest BCUT2D eigenvalue weighted by atomic mass is 9.91. The largest absolute Gasteiger partial charge is 0.335 e. The number of likely N-dealkylation sites (tertiary alicyclic amines) is 2. The average Bonchev–Trinajstić information content (AvgIpc) is 3.46.